The van der Waals surface area contributed by atoms with E-state index in [4.69, 9.17) is 4.74 Å². The van der Waals surface area contributed by atoms with Crippen molar-refractivity contribution in [1.29, 1.82) is 0 Å². The van der Waals surface area contributed by atoms with E-state index in [2.05, 4.69) is 58.6 Å². The molecular formula is C21H20Br3N3O6. The predicted molar refractivity (Wildman–Crippen MR) is 126 cm³/mol. The summed E-state index contributed by atoms with van der Waals surface area (Å²) in [6.45, 7) is 0.733. The number of esters is 1. The number of benzene rings is 1. The van der Waals surface area contributed by atoms with Gasteiger partial charge in [0.2, 0.25) is 11.8 Å². The Balaban J connectivity index is 1.29. The van der Waals surface area contributed by atoms with Crippen LogP contribution < -0.4 is 10.9 Å². The molecule has 0 aromatic heterocycles. The van der Waals surface area contributed by atoms with E-state index in [0.29, 0.717) is 5.56 Å². The van der Waals surface area contributed by atoms with Crippen molar-refractivity contribution in [2.24, 2.45) is 23.7 Å². The van der Waals surface area contributed by atoms with Gasteiger partial charge in [-0.1, -0.05) is 47.8 Å². The number of amides is 4. The van der Waals surface area contributed by atoms with E-state index in [9.17, 15) is 24.0 Å². The number of rotatable bonds is 5. The number of halogens is 3. The molecule has 0 spiro atoms. The summed E-state index contributed by atoms with van der Waals surface area (Å²) in [5.74, 6) is -3.71. The minimum absolute atomic E-state index is 0.0363. The van der Waals surface area contributed by atoms with Gasteiger partial charge in [-0.3, -0.25) is 34.9 Å². The first-order chi connectivity index (χ1) is 15.6. The van der Waals surface area contributed by atoms with E-state index < -0.39 is 42.3 Å². The molecule has 9 nitrogen and oxygen atoms in total. The van der Waals surface area contributed by atoms with Gasteiger partial charge >= 0.3 is 5.97 Å². The maximum atomic E-state index is 13.0. The summed E-state index contributed by atoms with van der Waals surface area (Å²) in [7, 11) is 0. The van der Waals surface area contributed by atoms with Crippen LogP contribution in [-0.2, 0) is 23.9 Å². The molecule has 1 saturated heterocycles. The van der Waals surface area contributed by atoms with Gasteiger partial charge in [0.05, 0.1) is 11.8 Å². The molecule has 33 heavy (non-hydrogen) atoms. The number of imide groups is 1. The highest BCUT2D eigenvalue weighted by Crippen LogP contribution is 2.60. The summed E-state index contributed by atoms with van der Waals surface area (Å²) in [5, 5.41) is 0. The smallest absolute Gasteiger partial charge is 0.329 e. The molecular weight excluding hydrogens is 630 g/mol. The van der Waals surface area contributed by atoms with Gasteiger partial charge in [0.15, 0.2) is 6.61 Å². The average Bonchev–Trinajstić information content (AvgIpc) is 3.40. The van der Waals surface area contributed by atoms with Gasteiger partial charge in [-0.15, -0.1) is 0 Å². The highest BCUT2D eigenvalue weighted by Gasteiger charge is 2.67. The first kappa shape index (κ1) is 24.3. The first-order valence-corrected chi connectivity index (χ1v) is 12.9. The van der Waals surface area contributed by atoms with Crippen molar-refractivity contribution in [3.05, 3.63) is 34.3 Å². The largest absolute Gasteiger partial charge is 0.454 e. The number of likely N-dealkylation sites (tertiary alicyclic amines) is 1. The van der Waals surface area contributed by atoms with Crippen LogP contribution in [0.25, 0.3) is 0 Å². The Bertz CT molecular complexity index is 987. The first-order valence-electron chi connectivity index (χ1n) is 10.3. The van der Waals surface area contributed by atoms with Crippen molar-refractivity contribution in [2.45, 2.75) is 29.0 Å². The van der Waals surface area contributed by atoms with Crippen LogP contribution in [0.4, 0.5) is 0 Å². The normalized spacial score (nSPS) is 30.7. The van der Waals surface area contributed by atoms with E-state index in [-0.39, 0.29) is 33.3 Å². The minimum Gasteiger partial charge on any atom is -0.454 e. The fourth-order valence-corrected chi connectivity index (χ4v) is 7.09. The van der Waals surface area contributed by atoms with Gasteiger partial charge in [0.1, 0.15) is 6.04 Å². The topological polar surface area (TPSA) is 122 Å². The zero-order valence-electron chi connectivity index (χ0n) is 17.3. The summed E-state index contributed by atoms with van der Waals surface area (Å²) in [6.07, 6.45) is 0.789. The summed E-state index contributed by atoms with van der Waals surface area (Å²) in [6, 6.07) is 5.33. The van der Waals surface area contributed by atoms with Crippen molar-refractivity contribution >= 4 is 77.4 Å². The van der Waals surface area contributed by atoms with Gasteiger partial charge < -0.3 is 4.74 Å². The quantitative estimate of drug-likeness (QED) is 0.218. The maximum absolute atomic E-state index is 13.0. The van der Waals surface area contributed by atoms with Gasteiger partial charge in [-0.05, 0) is 49.4 Å². The third kappa shape index (κ3) is 4.37. The molecule has 2 aliphatic carbocycles. The van der Waals surface area contributed by atoms with E-state index in [1.54, 1.807) is 24.3 Å². The lowest BCUT2D eigenvalue weighted by Crippen LogP contribution is -2.47. The molecule has 176 valence electrons. The number of hydrogen-bond donors (Lipinski definition) is 2. The molecule has 1 aromatic rings. The maximum Gasteiger partial charge on any atom is 0.329 e. The average molecular weight is 650 g/mol. The van der Waals surface area contributed by atoms with Crippen molar-refractivity contribution < 1.29 is 28.7 Å². The van der Waals surface area contributed by atoms with Crippen molar-refractivity contribution in [3.8, 4) is 0 Å². The molecule has 1 heterocycles. The highest BCUT2D eigenvalue weighted by molar-refractivity contribution is 9.12. The number of carbonyl (C=O) groups excluding carboxylic acids is 5. The summed E-state index contributed by atoms with van der Waals surface area (Å²) < 4.78 is 5.79. The monoisotopic (exact) mass is 647 g/mol. The van der Waals surface area contributed by atoms with Crippen LogP contribution in [0.15, 0.2) is 28.7 Å². The molecule has 4 rings (SSSR count). The Hall–Kier alpha value is -1.79. The molecule has 2 N–H and O–H groups in total. The Morgan fingerprint density at radius 2 is 1.58 bits per heavy atom. The fraction of sp³-hybridized carbons (Fsp3) is 0.476. The molecule has 7 atom stereocenters. The molecule has 1 aliphatic heterocycles. The van der Waals surface area contributed by atoms with Crippen LogP contribution >= 0.6 is 47.8 Å². The minimum atomic E-state index is -1.15. The van der Waals surface area contributed by atoms with Crippen LogP contribution in [0.1, 0.15) is 23.7 Å². The molecule has 4 amide bonds. The number of carbonyl (C=O) groups is 5. The lowest BCUT2D eigenvalue weighted by molar-refractivity contribution is -0.160. The van der Waals surface area contributed by atoms with Crippen LogP contribution in [0.3, 0.4) is 0 Å². The van der Waals surface area contributed by atoms with Crippen LogP contribution in [-0.4, -0.2) is 56.8 Å². The number of hydrogen-bond acceptors (Lipinski definition) is 6. The summed E-state index contributed by atoms with van der Waals surface area (Å²) >= 11 is 10.5. The fourth-order valence-electron chi connectivity index (χ4n) is 4.95. The van der Waals surface area contributed by atoms with Crippen LogP contribution in [0.2, 0.25) is 0 Å². The van der Waals surface area contributed by atoms with Crippen LogP contribution in [0.5, 0.6) is 0 Å². The zero-order valence-corrected chi connectivity index (χ0v) is 22.1. The van der Waals surface area contributed by atoms with Gasteiger partial charge in [0, 0.05) is 19.7 Å². The molecule has 2 bridgehead atoms. The van der Waals surface area contributed by atoms with Gasteiger partial charge in [0.25, 0.3) is 11.8 Å². The molecule has 3 fully saturated rings. The van der Waals surface area contributed by atoms with Crippen molar-refractivity contribution in [1.82, 2.24) is 15.8 Å². The number of nitrogens with zero attached hydrogens (tertiary/aromatic N) is 1. The Labute approximate surface area is 214 Å². The van der Waals surface area contributed by atoms with E-state index >= 15 is 0 Å². The van der Waals surface area contributed by atoms with Crippen molar-refractivity contribution in [3.63, 3.8) is 0 Å². The van der Waals surface area contributed by atoms with Crippen molar-refractivity contribution in [2.75, 3.05) is 6.61 Å². The third-order valence-corrected chi connectivity index (χ3v) is 10.3. The molecule has 1 aromatic carbocycles. The Kier molecular flexibility index (Phi) is 6.97. The second-order valence-corrected chi connectivity index (χ2v) is 11.4. The molecule has 12 heteroatoms. The number of ether oxygens (including phenoxy) is 1. The summed E-state index contributed by atoms with van der Waals surface area (Å²) in [4.78, 5) is 63.6. The lowest BCUT2D eigenvalue weighted by atomic mass is 9.81. The number of alkyl halides is 2. The number of fused-ring (bicyclic) bond motifs is 5. The highest BCUT2D eigenvalue weighted by atomic mass is 79.9. The predicted octanol–water partition coefficient (Wildman–Crippen LogP) is 1.92. The second-order valence-electron chi connectivity index (χ2n) is 8.34. The third-order valence-electron chi connectivity index (χ3n) is 6.52. The van der Waals surface area contributed by atoms with E-state index in [1.807, 2.05) is 0 Å². The van der Waals surface area contributed by atoms with Crippen LogP contribution in [0, 0.1) is 23.7 Å². The Morgan fingerprint density at radius 3 is 2.12 bits per heavy atom. The van der Waals surface area contributed by atoms with E-state index in [1.165, 1.54) is 6.92 Å². The number of hydrazine groups is 1. The molecule has 3 aliphatic rings. The van der Waals surface area contributed by atoms with Gasteiger partial charge in [-0.25, -0.2) is 4.79 Å². The second kappa shape index (κ2) is 9.46. The number of nitrogens with one attached hydrogen (secondary N) is 2. The summed E-state index contributed by atoms with van der Waals surface area (Å²) in [5.41, 5.74) is 4.70. The molecule has 0 radical (unpaired) electrons. The van der Waals surface area contributed by atoms with Gasteiger partial charge in [-0.2, -0.15) is 0 Å². The van der Waals surface area contributed by atoms with E-state index in [0.717, 1.165) is 15.8 Å². The zero-order chi connectivity index (χ0) is 24.0. The molecule has 0 unspecified atom stereocenters. The lowest BCUT2D eigenvalue weighted by Gasteiger charge is -2.28. The SMILES string of the molecule is C[C@H](C(=O)OCC(=O)NNC(=O)c1ccc(Br)cc1)N1C(=O)[C@@H]2[C@H]3C[C@@H]([C@H](Br)[C@@H]3Br)[C@@H]2C1=O. The standard InChI is InChI=1S/C21H20Br3N3O6/c1-8(27-19(30)14-11-6-12(15(14)20(27)31)17(24)16(11)23)21(32)33-7-13(28)25-26-18(29)9-2-4-10(22)5-3-9/h2-5,8,11-12,14-17H,6-7H2,1H3,(H,25,28)(H,26,29)/t8-,11-,12-,14-,15+,16-,17+/m1/s1. The molecule has 2 saturated carbocycles. The Morgan fingerprint density at radius 1 is 1.03 bits per heavy atom.